The number of benzene rings is 1. The number of hydrogen-bond donors (Lipinski definition) is 1. The number of piperidine rings is 1. The van der Waals surface area contributed by atoms with E-state index in [1.54, 1.807) is 11.3 Å². The first-order valence-electron chi connectivity index (χ1n) is 8.90. The second kappa shape index (κ2) is 7.07. The van der Waals surface area contributed by atoms with E-state index < -0.39 is 0 Å². The Kier molecular flexibility index (Phi) is 4.67. The van der Waals surface area contributed by atoms with E-state index >= 15 is 0 Å². The van der Waals surface area contributed by atoms with Crippen molar-refractivity contribution in [3.63, 3.8) is 0 Å². The summed E-state index contributed by atoms with van der Waals surface area (Å²) in [6.07, 6.45) is 4.48. The summed E-state index contributed by atoms with van der Waals surface area (Å²) in [6.45, 7) is 4.47. The number of carbonyl (C=O) groups is 1. The lowest BCUT2D eigenvalue weighted by Crippen LogP contribution is -2.44. The second-order valence-electron chi connectivity index (χ2n) is 6.77. The minimum absolute atomic E-state index is 0.310. The van der Waals surface area contributed by atoms with Gasteiger partial charge in [0.05, 0.1) is 16.8 Å². The molecule has 0 bridgehead atoms. The summed E-state index contributed by atoms with van der Waals surface area (Å²) >= 11 is 1.72. The first-order chi connectivity index (χ1) is 11.8. The highest BCUT2D eigenvalue weighted by Crippen LogP contribution is 2.27. The standard InChI is InChI=1S/C18H24N4OS/c23-17(22-9-3-4-10-22)13-21-11-7-14(8-12-21)19-18-20-15-5-1-2-6-16(15)24-18/h1-2,5-6,14H,3-4,7-13H2,(H,19,20). The minimum atomic E-state index is 0.310. The van der Waals surface area contributed by atoms with Gasteiger partial charge in [-0.05, 0) is 37.8 Å². The van der Waals surface area contributed by atoms with Crippen LogP contribution in [0.3, 0.4) is 0 Å². The molecule has 0 aliphatic carbocycles. The van der Waals surface area contributed by atoms with Crippen molar-refractivity contribution < 1.29 is 4.79 Å². The second-order valence-corrected chi connectivity index (χ2v) is 7.80. The fraction of sp³-hybridized carbons (Fsp3) is 0.556. The van der Waals surface area contributed by atoms with Crippen LogP contribution >= 0.6 is 11.3 Å². The van der Waals surface area contributed by atoms with Crippen molar-refractivity contribution in [2.45, 2.75) is 31.7 Å². The Morgan fingerprint density at radius 2 is 1.92 bits per heavy atom. The van der Waals surface area contributed by atoms with Crippen molar-refractivity contribution in [2.24, 2.45) is 0 Å². The number of anilines is 1. The molecule has 2 fully saturated rings. The average molecular weight is 344 g/mol. The number of rotatable bonds is 4. The topological polar surface area (TPSA) is 48.5 Å². The van der Waals surface area contributed by atoms with Crippen molar-refractivity contribution in [1.29, 1.82) is 0 Å². The number of fused-ring (bicyclic) bond motifs is 1. The van der Waals surface area contributed by atoms with E-state index in [1.807, 2.05) is 11.0 Å². The molecule has 2 aliphatic heterocycles. The maximum absolute atomic E-state index is 12.2. The van der Waals surface area contributed by atoms with Crippen molar-refractivity contribution in [3.8, 4) is 0 Å². The summed E-state index contributed by atoms with van der Waals surface area (Å²) in [5.74, 6) is 0.310. The van der Waals surface area contributed by atoms with Gasteiger partial charge >= 0.3 is 0 Å². The van der Waals surface area contributed by atoms with Crippen LogP contribution in [0.1, 0.15) is 25.7 Å². The summed E-state index contributed by atoms with van der Waals surface area (Å²) in [5, 5.41) is 4.60. The van der Waals surface area contributed by atoms with Gasteiger partial charge in [-0.15, -0.1) is 0 Å². The van der Waals surface area contributed by atoms with Gasteiger partial charge in [0.25, 0.3) is 0 Å². The van der Waals surface area contributed by atoms with Crippen LogP contribution in [0.5, 0.6) is 0 Å². The minimum Gasteiger partial charge on any atom is -0.359 e. The predicted octanol–water partition coefficient (Wildman–Crippen LogP) is 2.80. The molecule has 5 nitrogen and oxygen atoms in total. The van der Waals surface area contributed by atoms with E-state index in [0.29, 0.717) is 18.5 Å². The summed E-state index contributed by atoms with van der Waals surface area (Å²) in [6, 6.07) is 8.72. The predicted molar refractivity (Wildman–Crippen MR) is 98.5 cm³/mol. The van der Waals surface area contributed by atoms with Crippen LogP contribution in [0.4, 0.5) is 5.13 Å². The molecule has 1 N–H and O–H groups in total. The number of para-hydroxylation sites is 1. The Hall–Kier alpha value is -1.66. The van der Waals surface area contributed by atoms with Gasteiger partial charge in [-0.25, -0.2) is 4.98 Å². The summed E-state index contributed by atoms with van der Waals surface area (Å²) in [5.41, 5.74) is 1.07. The number of amides is 1. The Labute approximate surface area is 146 Å². The van der Waals surface area contributed by atoms with Crippen LogP contribution in [-0.4, -0.2) is 59.5 Å². The average Bonchev–Trinajstić information content (AvgIpc) is 3.25. The van der Waals surface area contributed by atoms with Gasteiger partial charge < -0.3 is 10.2 Å². The van der Waals surface area contributed by atoms with E-state index in [9.17, 15) is 4.79 Å². The Bertz CT molecular complexity index is 669. The highest BCUT2D eigenvalue weighted by Gasteiger charge is 2.24. The van der Waals surface area contributed by atoms with Gasteiger partial charge in [0.15, 0.2) is 5.13 Å². The summed E-state index contributed by atoms with van der Waals surface area (Å²) < 4.78 is 1.23. The normalized spacial score (nSPS) is 19.9. The number of thiazole rings is 1. The number of likely N-dealkylation sites (tertiary alicyclic amines) is 2. The van der Waals surface area contributed by atoms with Gasteiger partial charge in [-0.3, -0.25) is 9.69 Å². The molecule has 128 valence electrons. The number of nitrogens with zero attached hydrogens (tertiary/aromatic N) is 3. The lowest BCUT2D eigenvalue weighted by molar-refractivity contribution is -0.131. The van der Waals surface area contributed by atoms with E-state index in [2.05, 4.69) is 33.4 Å². The zero-order valence-electron chi connectivity index (χ0n) is 13.9. The van der Waals surface area contributed by atoms with Gasteiger partial charge in [-0.2, -0.15) is 0 Å². The van der Waals surface area contributed by atoms with E-state index in [-0.39, 0.29) is 0 Å². The molecule has 2 aromatic rings. The van der Waals surface area contributed by atoms with Crippen LogP contribution < -0.4 is 5.32 Å². The van der Waals surface area contributed by atoms with Crippen molar-refractivity contribution >= 4 is 32.6 Å². The molecule has 2 aliphatic rings. The SMILES string of the molecule is O=C(CN1CCC(Nc2nc3ccccc3s2)CC1)N1CCCC1. The molecule has 0 radical (unpaired) electrons. The van der Waals surface area contributed by atoms with Crippen LogP contribution in [0, 0.1) is 0 Å². The lowest BCUT2D eigenvalue weighted by Gasteiger charge is -2.32. The fourth-order valence-corrected chi connectivity index (χ4v) is 4.54. The molecule has 2 saturated heterocycles. The molecule has 1 amide bonds. The van der Waals surface area contributed by atoms with Crippen LogP contribution in [0.15, 0.2) is 24.3 Å². The molecule has 0 unspecified atom stereocenters. The van der Waals surface area contributed by atoms with Gasteiger partial charge in [-0.1, -0.05) is 23.5 Å². The maximum atomic E-state index is 12.2. The monoisotopic (exact) mass is 344 g/mol. The summed E-state index contributed by atoms with van der Waals surface area (Å²) in [4.78, 5) is 21.2. The first kappa shape index (κ1) is 15.8. The van der Waals surface area contributed by atoms with Crippen molar-refractivity contribution in [2.75, 3.05) is 38.0 Å². The zero-order chi connectivity index (χ0) is 16.4. The molecule has 3 heterocycles. The van der Waals surface area contributed by atoms with E-state index in [1.165, 1.54) is 17.5 Å². The maximum Gasteiger partial charge on any atom is 0.236 e. The van der Waals surface area contributed by atoms with Crippen molar-refractivity contribution in [3.05, 3.63) is 24.3 Å². The first-order valence-corrected chi connectivity index (χ1v) is 9.72. The molecule has 4 rings (SSSR count). The Morgan fingerprint density at radius 3 is 2.67 bits per heavy atom. The molecule has 0 spiro atoms. The van der Waals surface area contributed by atoms with Gasteiger partial charge in [0.1, 0.15) is 0 Å². The number of carbonyl (C=O) groups excluding carboxylic acids is 1. The van der Waals surface area contributed by atoms with Crippen LogP contribution in [0.2, 0.25) is 0 Å². The molecule has 0 atom stereocenters. The third-order valence-corrected chi connectivity index (χ3v) is 5.99. The van der Waals surface area contributed by atoms with Gasteiger partial charge in [0.2, 0.25) is 5.91 Å². The number of aromatic nitrogens is 1. The number of hydrogen-bond acceptors (Lipinski definition) is 5. The zero-order valence-corrected chi connectivity index (χ0v) is 14.7. The smallest absolute Gasteiger partial charge is 0.236 e. The van der Waals surface area contributed by atoms with Gasteiger partial charge in [0, 0.05) is 32.2 Å². The molecule has 24 heavy (non-hydrogen) atoms. The lowest BCUT2D eigenvalue weighted by atomic mass is 10.1. The van der Waals surface area contributed by atoms with Crippen LogP contribution in [-0.2, 0) is 4.79 Å². The summed E-state index contributed by atoms with van der Waals surface area (Å²) in [7, 11) is 0. The van der Waals surface area contributed by atoms with Crippen LogP contribution in [0.25, 0.3) is 10.2 Å². The largest absolute Gasteiger partial charge is 0.359 e. The quantitative estimate of drug-likeness (QED) is 0.926. The molecular weight excluding hydrogens is 320 g/mol. The highest BCUT2D eigenvalue weighted by atomic mass is 32.1. The molecule has 0 saturated carbocycles. The third kappa shape index (κ3) is 3.54. The molecular formula is C18H24N4OS. The molecule has 1 aromatic heterocycles. The highest BCUT2D eigenvalue weighted by molar-refractivity contribution is 7.22. The molecule has 1 aromatic carbocycles. The Morgan fingerprint density at radius 1 is 1.17 bits per heavy atom. The number of nitrogens with one attached hydrogen (secondary N) is 1. The Balaban J connectivity index is 1.27. The molecule has 6 heteroatoms. The third-order valence-electron chi connectivity index (χ3n) is 5.03. The van der Waals surface area contributed by atoms with E-state index in [4.69, 9.17) is 0 Å². The van der Waals surface area contributed by atoms with Crippen molar-refractivity contribution in [1.82, 2.24) is 14.8 Å². The van der Waals surface area contributed by atoms with E-state index in [0.717, 1.165) is 49.7 Å². The fourth-order valence-electron chi connectivity index (χ4n) is 3.60.